The largest absolute Gasteiger partial charge is 0.352 e. The molecular formula is C17H17ClN2O2S. The Hall–Kier alpha value is -1.85. The number of anilines is 1. The number of halogens is 1. The molecule has 2 amide bonds. The number of amides is 2. The molecule has 2 aromatic rings. The molecule has 1 aromatic carbocycles. The van der Waals surface area contributed by atoms with Crippen LogP contribution in [0.3, 0.4) is 0 Å². The highest BCUT2D eigenvalue weighted by molar-refractivity contribution is 7.09. The molecule has 0 unspecified atom stereocenters. The summed E-state index contributed by atoms with van der Waals surface area (Å²) in [7, 11) is 0. The molecule has 3 rings (SSSR count). The maximum Gasteiger partial charge on any atom is 0.251 e. The van der Waals surface area contributed by atoms with Gasteiger partial charge in [0.25, 0.3) is 5.91 Å². The first-order valence-electron chi connectivity index (χ1n) is 7.55. The van der Waals surface area contributed by atoms with Crippen molar-refractivity contribution in [1.82, 2.24) is 5.32 Å². The van der Waals surface area contributed by atoms with Gasteiger partial charge in [0.1, 0.15) is 0 Å². The van der Waals surface area contributed by atoms with Crippen molar-refractivity contribution in [2.75, 3.05) is 18.0 Å². The number of hydrogen-bond acceptors (Lipinski definition) is 3. The van der Waals surface area contributed by atoms with E-state index in [-0.39, 0.29) is 11.8 Å². The Morgan fingerprint density at radius 3 is 2.91 bits per heavy atom. The molecule has 2 heterocycles. The van der Waals surface area contributed by atoms with E-state index in [0.29, 0.717) is 35.8 Å². The molecule has 4 nitrogen and oxygen atoms in total. The van der Waals surface area contributed by atoms with E-state index in [2.05, 4.69) is 11.4 Å². The highest BCUT2D eigenvalue weighted by Crippen LogP contribution is 2.30. The monoisotopic (exact) mass is 348 g/mol. The lowest BCUT2D eigenvalue weighted by atomic mass is 10.1. The Morgan fingerprint density at radius 1 is 1.35 bits per heavy atom. The van der Waals surface area contributed by atoms with Gasteiger partial charge in [0.05, 0.1) is 10.7 Å². The van der Waals surface area contributed by atoms with Crippen molar-refractivity contribution in [2.45, 2.75) is 19.3 Å². The molecule has 1 N–H and O–H groups in total. The lowest BCUT2D eigenvalue weighted by Gasteiger charge is -2.18. The Bertz CT molecular complexity index is 715. The number of carbonyl (C=O) groups excluding carboxylic acids is 2. The quantitative estimate of drug-likeness (QED) is 0.899. The fourth-order valence-corrected chi connectivity index (χ4v) is 3.55. The van der Waals surface area contributed by atoms with Crippen LogP contribution in [0.25, 0.3) is 0 Å². The van der Waals surface area contributed by atoms with Crippen molar-refractivity contribution in [1.29, 1.82) is 0 Å². The van der Waals surface area contributed by atoms with Gasteiger partial charge in [-0.25, -0.2) is 0 Å². The van der Waals surface area contributed by atoms with E-state index >= 15 is 0 Å². The second-order valence-corrected chi connectivity index (χ2v) is 6.84. The first-order valence-corrected chi connectivity index (χ1v) is 8.81. The summed E-state index contributed by atoms with van der Waals surface area (Å²) in [6, 6.07) is 9.12. The van der Waals surface area contributed by atoms with Gasteiger partial charge in [0, 0.05) is 30.0 Å². The molecule has 23 heavy (non-hydrogen) atoms. The zero-order chi connectivity index (χ0) is 16.2. The van der Waals surface area contributed by atoms with Crippen molar-refractivity contribution >= 4 is 40.4 Å². The van der Waals surface area contributed by atoms with E-state index in [1.54, 1.807) is 34.4 Å². The van der Waals surface area contributed by atoms with Crippen LogP contribution in [-0.2, 0) is 11.2 Å². The standard InChI is InChI=1S/C17H17ClN2O2S/c18-14-6-5-12(11-15(14)20-9-1-4-16(20)21)17(22)19-8-7-13-3-2-10-23-13/h2-3,5-6,10-11H,1,4,7-9H2,(H,19,22). The minimum absolute atomic E-state index is 0.0575. The van der Waals surface area contributed by atoms with E-state index in [9.17, 15) is 9.59 Å². The van der Waals surface area contributed by atoms with Crippen LogP contribution in [0.1, 0.15) is 28.1 Å². The smallest absolute Gasteiger partial charge is 0.251 e. The van der Waals surface area contributed by atoms with Gasteiger partial charge < -0.3 is 10.2 Å². The first-order chi connectivity index (χ1) is 11.1. The Labute approximate surface area is 144 Å². The summed E-state index contributed by atoms with van der Waals surface area (Å²) in [5, 5.41) is 5.43. The summed E-state index contributed by atoms with van der Waals surface area (Å²) in [5.41, 5.74) is 1.15. The minimum atomic E-state index is -0.147. The molecule has 120 valence electrons. The van der Waals surface area contributed by atoms with Crippen molar-refractivity contribution in [3.63, 3.8) is 0 Å². The molecule has 0 bridgehead atoms. The molecule has 1 fully saturated rings. The molecule has 1 aromatic heterocycles. The Kier molecular flexibility index (Phi) is 4.98. The number of thiophene rings is 1. The topological polar surface area (TPSA) is 49.4 Å². The Morgan fingerprint density at radius 2 is 2.22 bits per heavy atom. The van der Waals surface area contributed by atoms with Crippen molar-refractivity contribution in [3.8, 4) is 0 Å². The van der Waals surface area contributed by atoms with Gasteiger partial charge in [0.15, 0.2) is 0 Å². The van der Waals surface area contributed by atoms with Crippen LogP contribution in [0, 0.1) is 0 Å². The van der Waals surface area contributed by atoms with Crippen molar-refractivity contribution < 1.29 is 9.59 Å². The van der Waals surface area contributed by atoms with Crippen LogP contribution in [-0.4, -0.2) is 24.9 Å². The fraction of sp³-hybridized carbons (Fsp3) is 0.294. The molecule has 1 saturated heterocycles. The van der Waals surface area contributed by atoms with Gasteiger partial charge >= 0.3 is 0 Å². The molecular weight excluding hydrogens is 332 g/mol. The number of benzene rings is 1. The van der Waals surface area contributed by atoms with Crippen molar-refractivity contribution in [3.05, 3.63) is 51.2 Å². The van der Waals surface area contributed by atoms with Gasteiger partial charge in [0.2, 0.25) is 5.91 Å². The third kappa shape index (κ3) is 3.74. The predicted molar refractivity (Wildman–Crippen MR) is 93.4 cm³/mol. The van der Waals surface area contributed by atoms with Crippen LogP contribution in [0.15, 0.2) is 35.7 Å². The SMILES string of the molecule is O=C(NCCc1cccs1)c1ccc(Cl)c(N2CCCC2=O)c1. The third-order valence-corrected chi connectivity index (χ3v) is 5.07. The van der Waals surface area contributed by atoms with E-state index < -0.39 is 0 Å². The van der Waals surface area contributed by atoms with Crippen LogP contribution in [0.5, 0.6) is 0 Å². The van der Waals surface area contributed by atoms with Gasteiger partial charge in [-0.05, 0) is 42.5 Å². The summed E-state index contributed by atoms with van der Waals surface area (Å²) in [6.07, 6.45) is 2.18. The van der Waals surface area contributed by atoms with Crippen LogP contribution in [0.4, 0.5) is 5.69 Å². The predicted octanol–water partition coefficient (Wildman–Crippen LogP) is 3.50. The molecule has 0 radical (unpaired) electrons. The Balaban J connectivity index is 1.67. The zero-order valence-electron chi connectivity index (χ0n) is 12.5. The zero-order valence-corrected chi connectivity index (χ0v) is 14.1. The number of nitrogens with zero attached hydrogens (tertiary/aromatic N) is 1. The maximum absolute atomic E-state index is 12.3. The highest BCUT2D eigenvalue weighted by Gasteiger charge is 2.24. The number of hydrogen-bond donors (Lipinski definition) is 1. The van der Waals surface area contributed by atoms with Gasteiger partial charge in [-0.1, -0.05) is 17.7 Å². The van der Waals surface area contributed by atoms with Gasteiger partial charge in [-0.15, -0.1) is 11.3 Å². The lowest BCUT2D eigenvalue weighted by molar-refractivity contribution is -0.117. The van der Waals surface area contributed by atoms with E-state index in [1.165, 1.54) is 4.88 Å². The van der Waals surface area contributed by atoms with E-state index in [4.69, 9.17) is 11.6 Å². The lowest BCUT2D eigenvalue weighted by Crippen LogP contribution is -2.27. The second kappa shape index (κ2) is 7.15. The summed E-state index contributed by atoms with van der Waals surface area (Å²) in [5.74, 6) is -0.0896. The average molecular weight is 349 g/mol. The first kappa shape index (κ1) is 16.0. The average Bonchev–Trinajstić information content (AvgIpc) is 3.19. The molecule has 1 aliphatic rings. The van der Waals surface area contributed by atoms with Crippen LogP contribution in [0.2, 0.25) is 5.02 Å². The van der Waals surface area contributed by atoms with E-state index in [1.807, 2.05) is 11.4 Å². The van der Waals surface area contributed by atoms with Crippen molar-refractivity contribution in [2.24, 2.45) is 0 Å². The molecule has 0 spiro atoms. The summed E-state index contributed by atoms with van der Waals surface area (Å²) >= 11 is 7.87. The van der Waals surface area contributed by atoms with Gasteiger partial charge in [-0.3, -0.25) is 9.59 Å². The molecule has 0 saturated carbocycles. The van der Waals surface area contributed by atoms with Crippen LogP contribution >= 0.6 is 22.9 Å². The maximum atomic E-state index is 12.3. The minimum Gasteiger partial charge on any atom is -0.352 e. The number of carbonyl (C=O) groups is 2. The third-order valence-electron chi connectivity index (χ3n) is 3.81. The molecule has 1 aliphatic heterocycles. The van der Waals surface area contributed by atoms with Gasteiger partial charge in [-0.2, -0.15) is 0 Å². The summed E-state index contributed by atoms with van der Waals surface area (Å²) in [6.45, 7) is 1.24. The molecule has 0 atom stereocenters. The molecule has 0 aliphatic carbocycles. The summed E-state index contributed by atoms with van der Waals surface area (Å²) < 4.78 is 0. The normalized spacial score (nSPS) is 14.3. The second-order valence-electron chi connectivity index (χ2n) is 5.40. The highest BCUT2D eigenvalue weighted by atomic mass is 35.5. The molecule has 6 heteroatoms. The van der Waals surface area contributed by atoms with E-state index in [0.717, 1.165) is 12.8 Å². The number of nitrogens with one attached hydrogen (secondary N) is 1. The summed E-state index contributed by atoms with van der Waals surface area (Å²) in [4.78, 5) is 27.1. The number of rotatable bonds is 5. The fourth-order valence-electron chi connectivity index (χ4n) is 2.62. The van der Waals surface area contributed by atoms with Crippen LogP contribution < -0.4 is 10.2 Å².